The molecule has 2 nitrogen and oxygen atoms in total. The van der Waals surface area contributed by atoms with Crippen LogP contribution in [0.3, 0.4) is 0 Å². The lowest BCUT2D eigenvalue weighted by molar-refractivity contribution is 0.452. The Balaban J connectivity index is 2.67. The van der Waals surface area contributed by atoms with Crippen LogP contribution in [0.25, 0.3) is 10.8 Å². The van der Waals surface area contributed by atoms with E-state index in [0.29, 0.717) is 22.2 Å². The van der Waals surface area contributed by atoms with Crippen molar-refractivity contribution >= 4 is 18.8 Å². The van der Waals surface area contributed by atoms with Crippen LogP contribution in [0.2, 0.25) is 16.6 Å². The molecule has 0 aliphatic carbocycles. The SMILES string of the molecule is CC(C)[Si](C#Cc1c(O)cc2ccccc2c1O)(C(C)C)C(C)C. The lowest BCUT2D eigenvalue weighted by atomic mass is 10.0. The molecule has 0 aliphatic rings. The highest BCUT2D eigenvalue weighted by Gasteiger charge is 2.41. The fourth-order valence-electron chi connectivity index (χ4n) is 4.04. The Bertz CT molecular complexity index is 773. The van der Waals surface area contributed by atoms with Crippen LogP contribution in [0, 0.1) is 11.5 Å². The number of phenols is 2. The van der Waals surface area contributed by atoms with Crippen molar-refractivity contribution in [3.63, 3.8) is 0 Å². The van der Waals surface area contributed by atoms with Crippen molar-refractivity contribution in [3.05, 3.63) is 35.9 Å². The summed E-state index contributed by atoms with van der Waals surface area (Å²) in [5.74, 6) is 3.30. The number of hydrogen-bond acceptors (Lipinski definition) is 2. The Hall–Kier alpha value is -1.92. The molecular formula is C21H28O2Si. The molecule has 0 saturated heterocycles. The third-order valence-corrected chi connectivity index (χ3v) is 11.6. The summed E-state index contributed by atoms with van der Waals surface area (Å²) in [4.78, 5) is 0. The molecule has 0 spiro atoms. The minimum Gasteiger partial charge on any atom is -0.506 e. The largest absolute Gasteiger partial charge is 0.506 e. The maximum atomic E-state index is 10.6. The number of phenolic OH excluding ortho intramolecular Hbond substituents is 2. The molecule has 24 heavy (non-hydrogen) atoms. The van der Waals surface area contributed by atoms with Gasteiger partial charge in [0.1, 0.15) is 25.1 Å². The van der Waals surface area contributed by atoms with Crippen molar-refractivity contribution in [1.29, 1.82) is 0 Å². The quantitative estimate of drug-likeness (QED) is 0.546. The number of rotatable bonds is 3. The first-order valence-corrected chi connectivity index (χ1v) is 10.9. The van der Waals surface area contributed by atoms with Gasteiger partial charge >= 0.3 is 0 Å². The van der Waals surface area contributed by atoms with Gasteiger partial charge in [-0.2, -0.15) is 0 Å². The predicted octanol–water partition coefficient (Wildman–Crippen LogP) is 5.82. The molecule has 0 unspecified atom stereocenters. The summed E-state index contributed by atoms with van der Waals surface area (Å²) < 4.78 is 0. The maximum absolute atomic E-state index is 10.6. The molecule has 0 aromatic heterocycles. The molecular weight excluding hydrogens is 312 g/mol. The van der Waals surface area contributed by atoms with Crippen LogP contribution in [0.15, 0.2) is 30.3 Å². The molecule has 128 valence electrons. The normalized spacial score (nSPS) is 12.0. The summed E-state index contributed by atoms with van der Waals surface area (Å²) in [5.41, 5.74) is 5.44. The van der Waals surface area contributed by atoms with E-state index in [9.17, 15) is 10.2 Å². The van der Waals surface area contributed by atoms with Gasteiger partial charge < -0.3 is 10.2 Å². The van der Waals surface area contributed by atoms with E-state index in [1.165, 1.54) is 0 Å². The standard InChI is InChI=1S/C21H28O2Si/c1-14(2)24(15(3)4,16(5)6)12-11-19-20(22)13-17-9-7-8-10-18(17)21(19)23/h7-10,13-16,22-23H,1-6H3. The van der Waals surface area contributed by atoms with E-state index in [1.807, 2.05) is 24.3 Å². The van der Waals surface area contributed by atoms with Crippen molar-refractivity contribution in [3.8, 4) is 23.0 Å². The van der Waals surface area contributed by atoms with E-state index >= 15 is 0 Å². The van der Waals surface area contributed by atoms with Crippen LogP contribution in [0.5, 0.6) is 11.5 Å². The van der Waals surface area contributed by atoms with Crippen molar-refractivity contribution in [1.82, 2.24) is 0 Å². The van der Waals surface area contributed by atoms with Crippen molar-refractivity contribution < 1.29 is 10.2 Å². The molecule has 2 aromatic carbocycles. The van der Waals surface area contributed by atoms with E-state index in [4.69, 9.17) is 0 Å². The molecule has 0 heterocycles. The van der Waals surface area contributed by atoms with E-state index < -0.39 is 8.07 Å². The Morgan fingerprint density at radius 2 is 1.42 bits per heavy atom. The summed E-state index contributed by atoms with van der Waals surface area (Å²) in [6.07, 6.45) is 0. The molecule has 0 bridgehead atoms. The third-order valence-electron chi connectivity index (χ3n) is 5.27. The maximum Gasteiger partial charge on any atom is 0.146 e. The summed E-state index contributed by atoms with van der Waals surface area (Å²) in [7, 11) is -1.91. The van der Waals surface area contributed by atoms with Crippen LogP contribution in [-0.4, -0.2) is 18.3 Å². The number of aromatic hydroxyl groups is 2. The van der Waals surface area contributed by atoms with Gasteiger partial charge in [0.2, 0.25) is 0 Å². The zero-order chi connectivity index (χ0) is 18.1. The Morgan fingerprint density at radius 3 is 1.96 bits per heavy atom. The summed E-state index contributed by atoms with van der Waals surface area (Å²) in [6, 6.07) is 9.18. The average molecular weight is 341 g/mol. The van der Waals surface area contributed by atoms with Gasteiger partial charge in [-0.05, 0) is 28.1 Å². The average Bonchev–Trinajstić information content (AvgIpc) is 2.49. The molecule has 2 rings (SSSR count). The lowest BCUT2D eigenvalue weighted by Gasteiger charge is -2.38. The van der Waals surface area contributed by atoms with Crippen molar-refractivity contribution in [2.45, 2.75) is 58.2 Å². The minimum absolute atomic E-state index is 0.0536. The Labute approximate surface area is 146 Å². The molecule has 0 saturated carbocycles. The second kappa shape index (κ2) is 6.90. The molecule has 0 aliphatic heterocycles. The summed E-state index contributed by atoms with van der Waals surface area (Å²) >= 11 is 0. The van der Waals surface area contributed by atoms with Crippen LogP contribution in [-0.2, 0) is 0 Å². The highest BCUT2D eigenvalue weighted by Crippen LogP contribution is 2.41. The molecule has 2 aromatic rings. The molecule has 3 heteroatoms. The molecule has 0 radical (unpaired) electrons. The third kappa shape index (κ3) is 3.03. The van der Waals surface area contributed by atoms with Gasteiger partial charge in [0.05, 0.1) is 0 Å². The van der Waals surface area contributed by atoms with Crippen molar-refractivity contribution in [2.75, 3.05) is 0 Å². The monoisotopic (exact) mass is 340 g/mol. The number of hydrogen-bond donors (Lipinski definition) is 2. The van der Waals surface area contributed by atoms with Crippen LogP contribution >= 0.6 is 0 Å². The molecule has 2 N–H and O–H groups in total. The number of fused-ring (bicyclic) bond motifs is 1. The highest BCUT2D eigenvalue weighted by atomic mass is 28.3. The van der Waals surface area contributed by atoms with Gasteiger partial charge in [-0.25, -0.2) is 0 Å². The zero-order valence-electron chi connectivity index (χ0n) is 15.5. The first kappa shape index (κ1) is 18.4. The van der Waals surface area contributed by atoms with E-state index in [0.717, 1.165) is 10.8 Å². The first-order chi connectivity index (χ1) is 11.2. The van der Waals surface area contributed by atoms with Crippen LogP contribution < -0.4 is 0 Å². The topological polar surface area (TPSA) is 40.5 Å². The van der Waals surface area contributed by atoms with Gasteiger partial charge in [-0.1, -0.05) is 71.7 Å². The van der Waals surface area contributed by atoms with Gasteiger partial charge in [-0.3, -0.25) is 0 Å². The summed E-state index contributed by atoms with van der Waals surface area (Å²) in [6.45, 7) is 13.5. The van der Waals surface area contributed by atoms with Crippen LogP contribution in [0.4, 0.5) is 0 Å². The first-order valence-electron chi connectivity index (χ1n) is 8.68. The highest BCUT2D eigenvalue weighted by molar-refractivity contribution is 6.90. The lowest BCUT2D eigenvalue weighted by Crippen LogP contribution is -2.43. The van der Waals surface area contributed by atoms with E-state index in [2.05, 4.69) is 53.0 Å². The van der Waals surface area contributed by atoms with Crippen LogP contribution in [0.1, 0.15) is 47.1 Å². The zero-order valence-corrected chi connectivity index (χ0v) is 16.5. The van der Waals surface area contributed by atoms with E-state index in [-0.39, 0.29) is 11.5 Å². The Morgan fingerprint density at radius 1 is 0.875 bits per heavy atom. The minimum atomic E-state index is -1.91. The van der Waals surface area contributed by atoms with Gasteiger partial charge in [0.25, 0.3) is 0 Å². The Kier molecular flexibility index (Phi) is 5.30. The predicted molar refractivity (Wildman–Crippen MR) is 105 cm³/mol. The molecule has 0 amide bonds. The second-order valence-corrected chi connectivity index (χ2v) is 13.1. The van der Waals surface area contributed by atoms with Gasteiger partial charge in [0.15, 0.2) is 0 Å². The van der Waals surface area contributed by atoms with Gasteiger partial charge in [-0.15, -0.1) is 5.54 Å². The fraction of sp³-hybridized carbons (Fsp3) is 0.429. The molecule has 0 atom stereocenters. The fourth-order valence-corrected chi connectivity index (χ4v) is 9.25. The summed E-state index contributed by atoms with van der Waals surface area (Å²) in [5, 5.41) is 22.5. The second-order valence-electron chi connectivity index (χ2n) is 7.49. The smallest absolute Gasteiger partial charge is 0.146 e. The molecule has 0 fully saturated rings. The van der Waals surface area contributed by atoms with Crippen molar-refractivity contribution in [2.24, 2.45) is 0 Å². The number of benzene rings is 2. The van der Waals surface area contributed by atoms with Gasteiger partial charge in [0, 0.05) is 5.39 Å². The van der Waals surface area contributed by atoms with E-state index in [1.54, 1.807) is 6.07 Å².